The van der Waals surface area contributed by atoms with Crippen LogP contribution in [0.4, 0.5) is 5.82 Å². The van der Waals surface area contributed by atoms with Gasteiger partial charge in [0.05, 0.1) is 18.7 Å². The van der Waals surface area contributed by atoms with E-state index in [1.165, 1.54) is 5.56 Å². The molecule has 1 amide bonds. The number of aromatic nitrogens is 3. The number of nitrogens with one attached hydrogen (secondary N) is 1. The first-order valence-electron chi connectivity index (χ1n) is 9.54. The lowest BCUT2D eigenvalue weighted by atomic mass is 9.86. The number of hydrogen-bond donors (Lipinski definition) is 1. The van der Waals surface area contributed by atoms with Crippen LogP contribution in [0.3, 0.4) is 0 Å². The highest BCUT2D eigenvalue weighted by Crippen LogP contribution is 2.22. The van der Waals surface area contributed by atoms with Crippen molar-refractivity contribution in [3.8, 4) is 6.07 Å². The molecule has 148 valence electrons. The molecular formula is C23H25N5O. The highest BCUT2D eigenvalue weighted by molar-refractivity contribution is 5.91. The number of nitrogens with zero attached hydrogens (tertiary/aromatic N) is 4. The summed E-state index contributed by atoms with van der Waals surface area (Å²) < 4.78 is 1.69. The Morgan fingerprint density at radius 1 is 1.14 bits per heavy atom. The Morgan fingerprint density at radius 3 is 2.52 bits per heavy atom. The van der Waals surface area contributed by atoms with Crippen LogP contribution in [0.2, 0.25) is 0 Å². The van der Waals surface area contributed by atoms with Crippen LogP contribution < -0.4 is 5.32 Å². The Labute approximate surface area is 171 Å². The minimum Gasteiger partial charge on any atom is -0.309 e. The van der Waals surface area contributed by atoms with Crippen molar-refractivity contribution in [2.45, 2.75) is 46.1 Å². The van der Waals surface area contributed by atoms with Crippen molar-refractivity contribution < 1.29 is 4.79 Å². The molecule has 0 fully saturated rings. The maximum Gasteiger partial charge on any atom is 0.229 e. The van der Waals surface area contributed by atoms with Crippen molar-refractivity contribution in [1.29, 1.82) is 5.26 Å². The third kappa shape index (κ3) is 5.29. The van der Waals surface area contributed by atoms with Crippen molar-refractivity contribution in [1.82, 2.24) is 14.8 Å². The molecule has 1 aromatic carbocycles. The summed E-state index contributed by atoms with van der Waals surface area (Å²) in [6, 6.07) is 15.7. The maximum absolute atomic E-state index is 12.3. The number of anilines is 1. The smallest absolute Gasteiger partial charge is 0.229 e. The van der Waals surface area contributed by atoms with Crippen LogP contribution in [-0.2, 0) is 23.2 Å². The Morgan fingerprint density at radius 2 is 1.86 bits per heavy atom. The molecule has 0 unspecified atom stereocenters. The van der Waals surface area contributed by atoms with Crippen LogP contribution >= 0.6 is 0 Å². The number of amides is 1. The molecule has 0 radical (unpaired) electrons. The van der Waals surface area contributed by atoms with Crippen LogP contribution in [0.5, 0.6) is 0 Å². The predicted octanol–water partition coefficient (Wildman–Crippen LogP) is 3.99. The van der Waals surface area contributed by atoms with Gasteiger partial charge >= 0.3 is 0 Å². The van der Waals surface area contributed by atoms with Crippen LogP contribution in [0.1, 0.15) is 48.8 Å². The molecule has 0 aliphatic rings. The number of rotatable bonds is 5. The molecule has 29 heavy (non-hydrogen) atoms. The van der Waals surface area contributed by atoms with E-state index in [-0.39, 0.29) is 11.3 Å². The minimum absolute atomic E-state index is 0.0912. The lowest BCUT2D eigenvalue weighted by Gasteiger charge is -2.19. The molecule has 2 heterocycles. The molecule has 0 bridgehead atoms. The fourth-order valence-corrected chi connectivity index (χ4v) is 2.95. The number of aryl methyl sites for hydroxylation is 1. The summed E-state index contributed by atoms with van der Waals surface area (Å²) in [5.74, 6) is 0.382. The normalized spacial score (nSPS) is 11.1. The van der Waals surface area contributed by atoms with Gasteiger partial charge in [-0.05, 0) is 35.1 Å². The Bertz CT molecular complexity index is 1050. The SMILES string of the molecule is Cc1ccc(Cn2ccc(NC(=O)Cc3ccc(C(C)(C)C)cc3)n2)nc1C#N. The Balaban J connectivity index is 1.60. The predicted molar refractivity (Wildman–Crippen MR) is 112 cm³/mol. The molecule has 3 aromatic rings. The summed E-state index contributed by atoms with van der Waals surface area (Å²) in [4.78, 5) is 16.7. The average Bonchev–Trinajstić information content (AvgIpc) is 3.09. The highest BCUT2D eigenvalue weighted by atomic mass is 16.1. The molecule has 0 atom stereocenters. The number of carbonyl (C=O) groups is 1. The fourth-order valence-electron chi connectivity index (χ4n) is 2.95. The lowest BCUT2D eigenvalue weighted by molar-refractivity contribution is -0.115. The van der Waals surface area contributed by atoms with Gasteiger partial charge in [-0.1, -0.05) is 51.1 Å². The Kier molecular flexibility index (Phi) is 5.79. The third-order valence-corrected chi connectivity index (χ3v) is 4.68. The summed E-state index contributed by atoms with van der Waals surface area (Å²) in [6.45, 7) is 8.78. The van der Waals surface area contributed by atoms with Crippen LogP contribution in [0, 0.1) is 18.3 Å². The minimum atomic E-state index is -0.112. The van der Waals surface area contributed by atoms with Crippen molar-refractivity contribution in [2.24, 2.45) is 0 Å². The molecule has 0 aliphatic heterocycles. The van der Waals surface area contributed by atoms with Crippen molar-refractivity contribution in [3.63, 3.8) is 0 Å². The zero-order valence-electron chi connectivity index (χ0n) is 17.2. The summed E-state index contributed by atoms with van der Waals surface area (Å²) in [6.07, 6.45) is 2.07. The first kappa shape index (κ1) is 20.3. The van der Waals surface area contributed by atoms with E-state index in [2.05, 4.69) is 54.4 Å². The van der Waals surface area contributed by atoms with Gasteiger partial charge in [0.15, 0.2) is 5.82 Å². The topological polar surface area (TPSA) is 83.6 Å². The van der Waals surface area contributed by atoms with Crippen LogP contribution in [0.15, 0.2) is 48.7 Å². The molecule has 0 saturated heterocycles. The van der Waals surface area contributed by atoms with Gasteiger partial charge in [0.2, 0.25) is 5.91 Å². The highest BCUT2D eigenvalue weighted by Gasteiger charge is 2.14. The monoisotopic (exact) mass is 387 g/mol. The van der Waals surface area contributed by atoms with Gasteiger partial charge in [-0.15, -0.1) is 0 Å². The van der Waals surface area contributed by atoms with Crippen LogP contribution in [-0.4, -0.2) is 20.7 Å². The van der Waals surface area contributed by atoms with Gasteiger partial charge in [0.1, 0.15) is 11.8 Å². The fraction of sp³-hybridized carbons (Fsp3) is 0.304. The average molecular weight is 387 g/mol. The molecule has 6 heteroatoms. The van der Waals surface area contributed by atoms with Gasteiger partial charge in [-0.3, -0.25) is 9.48 Å². The second kappa shape index (κ2) is 8.27. The molecule has 6 nitrogen and oxygen atoms in total. The van der Waals surface area contributed by atoms with Gasteiger partial charge < -0.3 is 5.32 Å². The van der Waals surface area contributed by atoms with E-state index in [1.54, 1.807) is 16.9 Å². The molecule has 0 saturated carbocycles. The second-order valence-electron chi connectivity index (χ2n) is 8.15. The maximum atomic E-state index is 12.3. The zero-order valence-corrected chi connectivity index (χ0v) is 17.2. The molecule has 0 spiro atoms. The zero-order chi connectivity index (χ0) is 21.0. The van der Waals surface area contributed by atoms with E-state index in [0.717, 1.165) is 16.8 Å². The summed E-state index contributed by atoms with van der Waals surface area (Å²) >= 11 is 0. The summed E-state index contributed by atoms with van der Waals surface area (Å²) in [5.41, 5.74) is 4.30. The summed E-state index contributed by atoms with van der Waals surface area (Å²) in [7, 11) is 0. The number of pyridine rings is 1. The third-order valence-electron chi connectivity index (χ3n) is 4.68. The van der Waals surface area contributed by atoms with E-state index < -0.39 is 0 Å². The number of carbonyl (C=O) groups excluding carboxylic acids is 1. The van der Waals surface area contributed by atoms with Gasteiger partial charge in [-0.25, -0.2) is 4.98 Å². The Hall–Kier alpha value is -3.46. The molecular weight excluding hydrogens is 362 g/mol. The number of nitriles is 1. The van der Waals surface area contributed by atoms with E-state index in [9.17, 15) is 4.79 Å². The van der Waals surface area contributed by atoms with Gasteiger partial charge in [0.25, 0.3) is 0 Å². The number of benzene rings is 1. The van der Waals surface area contributed by atoms with E-state index in [0.29, 0.717) is 24.5 Å². The second-order valence-corrected chi connectivity index (χ2v) is 8.15. The standard InChI is InChI=1S/C23H25N5O/c1-16-5-10-19(25-20(16)14-24)15-28-12-11-21(27-28)26-22(29)13-17-6-8-18(9-7-17)23(2,3)4/h5-12H,13,15H2,1-4H3,(H,26,27,29). The van der Waals surface area contributed by atoms with Gasteiger partial charge in [0, 0.05) is 12.3 Å². The summed E-state index contributed by atoms with van der Waals surface area (Å²) in [5, 5.41) is 16.3. The first-order chi connectivity index (χ1) is 13.7. The van der Waals surface area contributed by atoms with Gasteiger partial charge in [-0.2, -0.15) is 10.4 Å². The van der Waals surface area contributed by atoms with Crippen molar-refractivity contribution in [2.75, 3.05) is 5.32 Å². The number of hydrogen-bond acceptors (Lipinski definition) is 4. The van der Waals surface area contributed by atoms with E-state index in [1.807, 2.05) is 31.2 Å². The molecule has 2 aromatic heterocycles. The van der Waals surface area contributed by atoms with E-state index >= 15 is 0 Å². The van der Waals surface area contributed by atoms with E-state index in [4.69, 9.17) is 5.26 Å². The van der Waals surface area contributed by atoms with Crippen molar-refractivity contribution in [3.05, 3.63) is 76.7 Å². The largest absolute Gasteiger partial charge is 0.309 e. The molecule has 1 N–H and O–H groups in total. The van der Waals surface area contributed by atoms with Crippen LogP contribution in [0.25, 0.3) is 0 Å². The molecule has 0 aliphatic carbocycles. The lowest BCUT2D eigenvalue weighted by Crippen LogP contribution is -2.16. The quantitative estimate of drug-likeness (QED) is 0.718. The van der Waals surface area contributed by atoms with Crippen molar-refractivity contribution >= 4 is 11.7 Å². The first-order valence-corrected chi connectivity index (χ1v) is 9.54. The molecule has 3 rings (SSSR count).